The first-order valence-electron chi connectivity index (χ1n) is 11.3. The maximum absolute atomic E-state index is 13.4. The van der Waals surface area contributed by atoms with Crippen LogP contribution in [0.25, 0.3) is 10.2 Å². The van der Waals surface area contributed by atoms with E-state index in [4.69, 9.17) is 4.74 Å². The van der Waals surface area contributed by atoms with Crippen molar-refractivity contribution >= 4 is 59.9 Å². The van der Waals surface area contributed by atoms with Gasteiger partial charge in [-0.15, -0.1) is 0 Å². The Morgan fingerprint density at radius 3 is 2.34 bits per heavy atom. The molecule has 2 aromatic carbocycles. The number of aromatic nitrogens is 1. The van der Waals surface area contributed by atoms with E-state index >= 15 is 0 Å². The summed E-state index contributed by atoms with van der Waals surface area (Å²) in [6.07, 6.45) is -4.11. The quantitative estimate of drug-likeness (QED) is 0.0611. The highest BCUT2D eigenvalue weighted by Crippen LogP contribution is 2.48. The number of methoxy groups -OCH3 is 1. The molecule has 0 saturated carbocycles. The number of thioether (sulfide) groups is 1. The Kier molecular flexibility index (Phi) is 9.34. The number of quaternary nitrogens is 1. The van der Waals surface area contributed by atoms with Gasteiger partial charge in [0, 0.05) is 24.1 Å². The van der Waals surface area contributed by atoms with Crippen LogP contribution in [-0.2, 0) is 10.1 Å². The Bertz CT molecular complexity index is 1380. The topological polar surface area (TPSA) is 108 Å². The number of nitrogens with one attached hydrogen (secondary N) is 1. The Morgan fingerprint density at radius 1 is 1.13 bits per heavy atom. The molecule has 0 radical (unpaired) electrons. The van der Waals surface area contributed by atoms with Crippen LogP contribution in [0.3, 0.4) is 0 Å². The monoisotopic (exact) mass is 601 g/mol. The van der Waals surface area contributed by atoms with E-state index in [-0.39, 0.29) is 20.6 Å². The number of ether oxygens (including phenoxy) is 1. The lowest BCUT2D eigenvalue weighted by Gasteiger charge is -2.26. The second kappa shape index (κ2) is 11.8. The van der Waals surface area contributed by atoms with Gasteiger partial charge in [-0.1, -0.05) is 25.2 Å². The van der Waals surface area contributed by atoms with Crippen LogP contribution >= 0.6 is 23.1 Å². The summed E-state index contributed by atoms with van der Waals surface area (Å²) in [6.45, 7) is 5.23. The Morgan fingerprint density at radius 2 is 1.79 bits per heavy atom. The fraction of sp³-hybridized carbons (Fsp3) is 0.409. The minimum atomic E-state index is -5.70. The number of rotatable bonds is 12. The summed E-state index contributed by atoms with van der Waals surface area (Å²) >= 11 is 0.351. The molecule has 3 aromatic rings. The number of alkyl halides is 5. The molecule has 0 amide bonds. The average molecular weight is 602 g/mol. The number of fused-ring (bicyclic) bond motifs is 1. The maximum atomic E-state index is 13.4. The van der Waals surface area contributed by atoms with Gasteiger partial charge in [0.05, 0.1) is 23.0 Å². The van der Waals surface area contributed by atoms with Crippen molar-refractivity contribution < 1.29 is 45.1 Å². The van der Waals surface area contributed by atoms with E-state index < -0.39 is 33.3 Å². The van der Waals surface area contributed by atoms with Crippen LogP contribution < -0.4 is 20.5 Å². The fourth-order valence-electron chi connectivity index (χ4n) is 3.58. The van der Waals surface area contributed by atoms with Gasteiger partial charge in [-0.25, -0.2) is 15.8 Å². The molecule has 38 heavy (non-hydrogen) atoms. The second-order valence-electron chi connectivity index (χ2n) is 8.08. The Labute approximate surface area is 224 Å². The first-order chi connectivity index (χ1) is 17.7. The van der Waals surface area contributed by atoms with E-state index in [1.807, 2.05) is 18.7 Å². The third kappa shape index (κ3) is 6.97. The molecule has 1 heterocycles. The number of anilines is 2. The van der Waals surface area contributed by atoms with E-state index in [0.717, 1.165) is 30.2 Å². The smallest absolute Gasteiger partial charge is 0.464 e. The van der Waals surface area contributed by atoms with Gasteiger partial charge < -0.3 is 9.64 Å². The molecule has 3 rings (SSSR count). The molecular weight excluding hydrogens is 575 g/mol. The largest absolute Gasteiger partial charge is 0.494 e. The molecule has 8 nitrogen and oxygen atoms in total. The molecule has 0 atom stereocenters. The molecule has 1 aromatic heterocycles. The van der Waals surface area contributed by atoms with Crippen LogP contribution in [0, 0.1) is 0 Å². The standard InChI is InChI=1S/C22H25F5N4O4S3/c1-4-8-31(9-5-2)16-12-19(38(32,33)34)15(11-17(16)35-3)29-30-20-28-14-7-6-13(10-18(14)36-20)37-22(26,27)21(23,24)25/h6-7,10-12,29H,4-5,8-9H2,1-3H3,(H,28,30)(H,32,33,34)/p+1. The first-order valence-corrected chi connectivity index (χ1v) is 14.4. The molecule has 0 unspecified atom stereocenters. The van der Waals surface area contributed by atoms with Crippen molar-refractivity contribution in [2.45, 2.75) is 47.9 Å². The number of hydrogen-bond donors (Lipinski definition) is 3. The van der Waals surface area contributed by atoms with Crippen molar-refractivity contribution in [3.8, 4) is 5.75 Å². The van der Waals surface area contributed by atoms with Gasteiger partial charge in [0.15, 0.2) is 10.6 Å². The van der Waals surface area contributed by atoms with E-state index in [1.165, 1.54) is 36.8 Å². The van der Waals surface area contributed by atoms with Crippen LogP contribution in [0.4, 0.5) is 38.5 Å². The Hall–Kier alpha value is -2.40. The van der Waals surface area contributed by atoms with Gasteiger partial charge in [0.25, 0.3) is 0 Å². The predicted octanol–water partition coefficient (Wildman–Crippen LogP) is 5.65. The molecule has 4 N–H and O–H groups in total. The van der Waals surface area contributed by atoms with Gasteiger partial charge in [0.1, 0.15) is 5.75 Å². The predicted molar refractivity (Wildman–Crippen MR) is 137 cm³/mol. The van der Waals surface area contributed by atoms with Gasteiger partial charge in [-0.2, -0.15) is 30.4 Å². The van der Waals surface area contributed by atoms with Gasteiger partial charge >= 0.3 is 21.5 Å². The van der Waals surface area contributed by atoms with Crippen LogP contribution in [0.15, 0.2) is 40.1 Å². The van der Waals surface area contributed by atoms with Crippen molar-refractivity contribution in [1.82, 2.24) is 4.98 Å². The molecule has 0 saturated heterocycles. The van der Waals surface area contributed by atoms with E-state index in [2.05, 4.69) is 10.4 Å². The van der Waals surface area contributed by atoms with Crippen LogP contribution in [0.1, 0.15) is 26.7 Å². The lowest BCUT2D eigenvalue weighted by atomic mass is 10.2. The summed E-state index contributed by atoms with van der Waals surface area (Å²) in [4.78, 5) is 5.54. The summed E-state index contributed by atoms with van der Waals surface area (Å²) in [5.74, 6) is 0.379. The highest BCUT2D eigenvalue weighted by Gasteiger charge is 2.58. The number of thiazole rings is 1. The van der Waals surface area contributed by atoms with Gasteiger partial charge in [-0.05, 0) is 48.9 Å². The second-order valence-corrected chi connectivity index (χ2v) is 11.7. The van der Waals surface area contributed by atoms with Crippen LogP contribution in [0.5, 0.6) is 5.75 Å². The number of halogens is 5. The number of nitrogen functional groups attached to an aromatic ring is 1. The molecule has 0 bridgehead atoms. The van der Waals surface area contributed by atoms with Gasteiger partial charge in [-0.3, -0.25) is 4.55 Å². The summed E-state index contributed by atoms with van der Waals surface area (Å²) in [5.41, 5.74) is 5.00. The summed E-state index contributed by atoms with van der Waals surface area (Å²) < 4.78 is 105. The van der Waals surface area contributed by atoms with Crippen molar-refractivity contribution in [2.75, 3.05) is 30.5 Å². The molecule has 0 spiro atoms. The lowest BCUT2D eigenvalue weighted by molar-refractivity contribution is -0.540. The molecule has 0 aliphatic heterocycles. The number of nitrogens with zero attached hydrogens (tertiary/aromatic N) is 2. The molecule has 0 aliphatic carbocycles. The lowest BCUT2D eigenvalue weighted by Crippen LogP contribution is -2.83. The molecule has 210 valence electrons. The van der Waals surface area contributed by atoms with Crippen LogP contribution in [0.2, 0.25) is 0 Å². The normalized spacial score (nSPS) is 12.7. The molecular formula is C22H26F5N4O4S3+. The molecule has 0 aliphatic rings. The highest BCUT2D eigenvalue weighted by molar-refractivity contribution is 8.00. The number of benzene rings is 2. The van der Waals surface area contributed by atoms with E-state index in [1.54, 1.807) is 0 Å². The third-order valence-corrected chi connectivity index (χ3v) is 8.04. The SMILES string of the molecule is CCCN(CCC)c1cc(S(=O)(=O)O)c([NH2+]Nc2nc3ccc(SC(F)(F)C(F)(F)F)cc3s2)cc1OC. The van der Waals surface area contributed by atoms with Crippen molar-refractivity contribution in [3.05, 3.63) is 30.3 Å². The minimum absolute atomic E-state index is 0.0707. The van der Waals surface area contributed by atoms with E-state index in [9.17, 15) is 34.9 Å². The van der Waals surface area contributed by atoms with Crippen LogP contribution in [-0.4, -0.2) is 49.6 Å². The number of nitrogens with two attached hydrogens (primary N) is 1. The average Bonchev–Trinajstić information content (AvgIpc) is 3.22. The van der Waals surface area contributed by atoms with Crippen molar-refractivity contribution in [3.63, 3.8) is 0 Å². The first kappa shape index (κ1) is 30.1. The summed E-state index contributed by atoms with van der Waals surface area (Å²) in [7, 11) is -3.21. The zero-order valence-corrected chi connectivity index (χ0v) is 22.9. The minimum Gasteiger partial charge on any atom is -0.494 e. The third-order valence-electron chi connectivity index (χ3n) is 5.20. The number of hydrogen-bond acceptors (Lipinski definition) is 8. The fourth-order valence-corrected chi connectivity index (χ4v) is 5.93. The van der Waals surface area contributed by atoms with Crippen molar-refractivity contribution in [1.29, 1.82) is 0 Å². The van der Waals surface area contributed by atoms with E-state index in [0.29, 0.717) is 34.7 Å². The Balaban J connectivity index is 1.90. The zero-order chi connectivity index (χ0) is 28.3. The summed E-state index contributed by atoms with van der Waals surface area (Å²) in [5, 5.41) is -4.74. The molecule has 16 heteroatoms. The summed E-state index contributed by atoms with van der Waals surface area (Å²) in [6, 6.07) is 6.36. The van der Waals surface area contributed by atoms with Crippen molar-refractivity contribution in [2.24, 2.45) is 0 Å². The molecule has 0 fully saturated rings. The van der Waals surface area contributed by atoms with Gasteiger partial charge in [0.2, 0.25) is 5.13 Å². The zero-order valence-electron chi connectivity index (χ0n) is 20.5. The highest BCUT2D eigenvalue weighted by atomic mass is 32.2. The maximum Gasteiger partial charge on any atom is 0.464 e.